The first kappa shape index (κ1) is 12.9. The molecule has 1 atom stereocenters. The molecule has 1 unspecified atom stereocenters. The summed E-state index contributed by atoms with van der Waals surface area (Å²) in [5, 5.41) is 21.6. The zero-order valence-corrected chi connectivity index (χ0v) is 12.0. The molecule has 106 valence electrons. The van der Waals surface area contributed by atoms with Crippen LogP contribution in [0.1, 0.15) is 44.0 Å². The van der Waals surface area contributed by atoms with Crippen LogP contribution in [0.15, 0.2) is 18.2 Å². The predicted octanol–water partition coefficient (Wildman–Crippen LogP) is 2.08. The Morgan fingerprint density at radius 1 is 1.35 bits per heavy atom. The number of rotatable bonds is 2. The number of benzene rings is 1. The lowest BCUT2D eigenvalue weighted by atomic mass is 9.93. The van der Waals surface area contributed by atoms with Crippen LogP contribution in [0, 0.1) is 0 Å². The first-order valence-corrected chi connectivity index (χ1v) is 6.94. The normalized spacial score (nSPS) is 18.4. The van der Waals surface area contributed by atoms with Crippen molar-refractivity contribution in [2.24, 2.45) is 0 Å². The smallest absolute Gasteiger partial charge is 0.246 e. The van der Waals surface area contributed by atoms with Gasteiger partial charge in [-0.1, -0.05) is 11.2 Å². The summed E-state index contributed by atoms with van der Waals surface area (Å²) >= 11 is 0. The van der Waals surface area contributed by atoms with Gasteiger partial charge in [0.05, 0.1) is 12.1 Å². The van der Waals surface area contributed by atoms with E-state index in [-0.39, 0.29) is 12.1 Å². The van der Waals surface area contributed by atoms with Crippen LogP contribution < -0.4 is 4.90 Å². The Hall–Kier alpha value is -2.11. The molecule has 0 amide bonds. The fourth-order valence-electron chi connectivity index (χ4n) is 2.80. The molecule has 1 aromatic carbocycles. The highest BCUT2D eigenvalue weighted by Crippen LogP contribution is 2.34. The minimum atomic E-state index is 0.197. The molecule has 0 fully saturated rings. The van der Waals surface area contributed by atoms with Gasteiger partial charge in [-0.25, -0.2) is 4.68 Å². The van der Waals surface area contributed by atoms with E-state index < -0.39 is 0 Å². The van der Waals surface area contributed by atoms with Gasteiger partial charge in [0.25, 0.3) is 0 Å². The molecule has 6 nitrogen and oxygen atoms in total. The molecular weight excluding hydrogens is 254 g/mol. The average Bonchev–Trinajstić information content (AvgIpc) is 2.88. The second kappa shape index (κ2) is 4.77. The third-order valence-electron chi connectivity index (χ3n) is 3.89. The highest BCUT2D eigenvalue weighted by Gasteiger charge is 2.28. The molecule has 2 aromatic rings. The molecule has 0 saturated carbocycles. The second-order valence-corrected chi connectivity index (χ2v) is 5.52. The van der Waals surface area contributed by atoms with E-state index in [0.29, 0.717) is 5.75 Å². The molecule has 0 spiro atoms. The minimum Gasteiger partial charge on any atom is -0.508 e. The number of phenolic OH excluding ortho intramolecular Hbond substituents is 1. The van der Waals surface area contributed by atoms with Crippen molar-refractivity contribution in [1.82, 2.24) is 20.2 Å². The quantitative estimate of drug-likeness (QED) is 0.907. The van der Waals surface area contributed by atoms with E-state index in [2.05, 4.69) is 41.2 Å². The molecule has 1 aromatic heterocycles. The van der Waals surface area contributed by atoms with Crippen LogP contribution in [0.25, 0.3) is 0 Å². The van der Waals surface area contributed by atoms with Gasteiger partial charge in [0.15, 0.2) is 0 Å². The Bertz CT molecular complexity index is 622. The highest BCUT2D eigenvalue weighted by atomic mass is 16.3. The Balaban J connectivity index is 1.97. The minimum absolute atomic E-state index is 0.197. The third kappa shape index (κ3) is 2.01. The summed E-state index contributed by atoms with van der Waals surface area (Å²) < 4.78 is 1.85. The Kier molecular flexibility index (Phi) is 3.08. The molecule has 2 heterocycles. The van der Waals surface area contributed by atoms with E-state index in [4.69, 9.17) is 0 Å². The summed E-state index contributed by atoms with van der Waals surface area (Å²) in [5.74, 6) is 1.14. The zero-order valence-electron chi connectivity index (χ0n) is 12.0. The van der Waals surface area contributed by atoms with E-state index in [1.54, 1.807) is 6.07 Å². The lowest BCUT2D eigenvalue weighted by Crippen LogP contribution is -2.36. The van der Waals surface area contributed by atoms with Gasteiger partial charge in [-0.05, 0) is 60.9 Å². The molecule has 1 N–H and O–H groups in total. The van der Waals surface area contributed by atoms with Crippen molar-refractivity contribution in [3.63, 3.8) is 0 Å². The largest absolute Gasteiger partial charge is 0.508 e. The summed E-state index contributed by atoms with van der Waals surface area (Å²) in [6.45, 7) is 7.14. The van der Waals surface area contributed by atoms with Gasteiger partial charge in [0.1, 0.15) is 5.75 Å². The van der Waals surface area contributed by atoms with Gasteiger partial charge in [-0.2, -0.15) is 0 Å². The standard InChI is InChI=1S/C14H19N5O/c1-9(2)19-14(15-16-17-19)18-7-6-11-8-12(20)4-5-13(11)10(18)3/h4-5,8-10,20H,6-7H2,1-3H3. The molecule has 20 heavy (non-hydrogen) atoms. The average molecular weight is 273 g/mol. The van der Waals surface area contributed by atoms with Crippen LogP contribution in [-0.2, 0) is 6.42 Å². The van der Waals surface area contributed by atoms with Crippen LogP contribution in [-0.4, -0.2) is 31.9 Å². The van der Waals surface area contributed by atoms with Crippen molar-refractivity contribution in [2.45, 2.75) is 39.3 Å². The molecule has 0 aliphatic carbocycles. The van der Waals surface area contributed by atoms with Gasteiger partial charge in [0.2, 0.25) is 5.95 Å². The zero-order chi connectivity index (χ0) is 14.3. The number of tetrazole rings is 1. The van der Waals surface area contributed by atoms with Gasteiger partial charge in [-0.3, -0.25) is 0 Å². The summed E-state index contributed by atoms with van der Waals surface area (Å²) in [6.07, 6.45) is 0.888. The summed E-state index contributed by atoms with van der Waals surface area (Å²) in [4.78, 5) is 2.22. The highest BCUT2D eigenvalue weighted by molar-refractivity contribution is 5.45. The molecule has 1 aliphatic rings. The van der Waals surface area contributed by atoms with Crippen LogP contribution in [0.3, 0.4) is 0 Å². The fourth-order valence-corrected chi connectivity index (χ4v) is 2.80. The maximum atomic E-state index is 9.59. The van der Waals surface area contributed by atoms with E-state index >= 15 is 0 Å². The van der Waals surface area contributed by atoms with E-state index in [1.807, 2.05) is 16.8 Å². The maximum Gasteiger partial charge on any atom is 0.246 e. The van der Waals surface area contributed by atoms with Crippen molar-refractivity contribution in [1.29, 1.82) is 0 Å². The number of hydrogen-bond donors (Lipinski definition) is 1. The maximum absolute atomic E-state index is 9.59. The molecule has 1 aliphatic heterocycles. The number of phenols is 1. The lowest BCUT2D eigenvalue weighted by molar-refractivity contribution is 0.471. The summed E-state index contributed by atoms with van der Waals surface area (Å²) in [5.41, 5.74) is 2.43. The number of aromatic hydroxyl groups is 1. The SMILES string of the molecule is CC1c2ccc(O)cc2CCN1c1nnnn1C(C)C. The van der Waals surface area contributed by atoms with Crippen molar-refractivity contribution in [3.8, 4) is 5.75 Å². The topological polar surface area (TPSA) is 67.1 Å². The van der Waals surface area contributed by atoms with Crippen molar-refractivity contribution < 1.29 is 5.11 Å². The molecule has 6 heteroatoms. The van der Waals surface area contributed by atoms with Crippen LogP contribution >= 0.6 is 0 Å². The summed E-state index contributed by atoms with van der Waals surface area (Å²) in [6, 6.07) is 6.01. The van der Waals surface area contributed by atoms with E-state index in [0.717, 1.165) is 18.9 Å². The van der Waals surface area contributed by atoms with Gasteiger partial charge >= 0.3 is 0 Å². The number of nitrogens with zero attached hydrogens (tertiary/aromatic N) is 5. The van der Waals surface area contributed by atoms with E-state index in [9.17, 15) is 5.11 Å². The van der Waals surface area contributed by atoms with Crippen molar-refractivity contribution >= 4 is 5.95 Å². The Morgan fingerprint density at radius 3 is 2.90 bits per heavy atom. The number of fused-ring (bicyclic) bond motifs is 1. The van der Waals surface area contributed by atoms with Gasteiger partial charge in [-0.15, -0.1) is 0 Å². The molecule has 0 bridgehead atoms. The monoisotopic (exact) mass is 273 g/mol. The van der Waals surface area contributed by atoms with Crippen molar-refractivity contribution in [3.05, 3.63) is 29.3 Å². The van der Waals surface area contributed by atoms with Gasteiger partial charge < -0.3 is 10.0 Å². The fraction of sp³-hybridized carbons (Fsp3) is 0.500. The van der Waals surface area contributed by atoms with Crippen molar-refractivity contribution in [2.75, 3.05) is 11.4 Å². The lowest BCUT2D eigenvalue weighted by Gasteiger charge is -2.35. The summed E-state index contributed by atoms with van der Waals surface area (Å²) in [7, 11) is 0. The first-order valence-electron chi connectivity index (χ1n) is 6.94. The number of aromatic nitrogens is 4. The van der Waals surface area contributed by atoms with Crippen LogP contribution in [0.5, 0.6) is 5.75 Å². The molecule has 0 saturated heterocycles. The molecule has 3 rings (SSSR count). The predicted molar refractivity (Wildman–Crippen MR) is 75.8 cm³/mol. The third-order valence-corrected chi connectivity index (χ3v) is 3.89. The Labute approximate surface area is 118 Å². The Morgan fingerprint density at radius 2 is 2.15 bits per heavy atom. The number of anilines is 1. The van der Waals surface area contributed by atoms with Crippen LogP contribution in [0.2, 0.25) is 0 Å². The molecule has 0 radical (unpaired) electrons. The van der Waals surface area contributed by atoms with Crippen LogP contribution in [0.4, 0.5) is 5.95 Å². The molecular formula is C14H19N5O. The first-order chi connectivity index (χ1) is 9.58. The van der Waals surface area contributed by atoms with E-state index in [1.165, 1.54) is 11.1 Å². The number of hydrogen-bond acceptors (Lipinski definition) is 5. The second-order valence-electron chi connectivity index (χ2n) is 5.52. The van der Waals surface area contributed by atoms with Gasteiger partial charge in [0, 0.05) is 6.54 Å².